The summed E-state index contributed by atoms with van der Waals surface area (Å²) in [4.78, 5) is 24.6. The van der Waals surface area contributed by atoms with Crippen LogP contribution in [0.25, 0.3) is 10.2 Å². The van der Waals surface area contributed by atoms with E-state index >= 15 is 0 Å². The first kappa shape index (κ1) is 20.5. The third-order valence-electron chi connectivity index (χ3n) is 5.48. The minimum absolute atomic E-state index is 0.201. The standard InChI is InChI=1S/C25H23N3O3S/c1-3-17-11-12-19-22(14-17)32-25(27-19)28(15-18-8-6-7-13-26-18)24(29)23-16(2)30-20-9-4-5-10-21(20)31-23/h4-14,16,23H,3,15H2,1-2H3. The second kappa shape index (κ2) is 8.59. The van der Waals surface area contributed by atoms with E-state index in [0.29, 0.717) is 23.2 Å². The molecule has 0 bridgehead atoms. The number of hydrogen-bond donors (Lipinski definition) is 0. The van der Waals surface area contributed by atoms with Gasteiger partial charge in [0.15, 0.2) is 16.6 Å². The summed E-state index contributed by atoms with van der Waals surface area (Å²) in [6.45, 7) is 4.28. The predicted molar refractivity (Wildman–Crippen MR) is 125 cm³/mol. The number of benzene rings is 2. The van der Waals surface area contributed by atoms with E-state index in [1.807, 2.05) is 55.5 Å². The van der Waals surface area contributed by atoms with Crippen LogP contribution in [-0.4, -0.2) is 28.1 Å². The van der Waals surface area contributed by atoms with Crippen molar-refractivity contribution >= 4 is 32.6 Å². The third kappa shape index (κ3) is 3.91. The van der Waals surface area contributed by atoms with Gasteiger partial charge >= 0.3 is 0 Å². The molecule has 0 spiro atoms. The lowest BCUT2D eigenvalue weighted by Crippen LogP contribution is -2.50. The second-order valence-electron chi connectivity index (χ2n) is 7.71. The number of aryl methyl sites for hydroxylation is 1. The number of thiazole rings is 1. The molecule has 162 valence electrons. The molecule has 2 unspecified atom stereocenters. The fourth-order valence-electron chi connectivity index (χ4n) is 3.73. The highest BCUT2D eigenvalue weighted by atomic mass is 32.1. The average molecular weight is 446 g/mol. The molecule has 7 heteroatoms. The van der Waals surface area contributed by atoms with E-state index in [9.17, 15) is 4.79 Å². The van der Waals surface area contributed by atoms with Gasteiger partial charge in [-0.3, -0.25) is 14.7 Å². The molecule has 0 N–H and O–H groups in total. The largest absolute Gasteiger partial charge is 0.482 e. The zero-order chi connectivity index (χ0) is 22.1. The van der Waals surface area contributed by atoms with Crippen molar-refractivity contribution in [3.8, 4) is 11.5 Å². The number of para-hydroxylation sites is 2. The summed E-state index contributed by atoms with van der Waals surface area (Å²) in [6, 6.07) is 19.3. The molecule has 3 heterocycles. The van der Waals surface area contributed by atoms with Gasteiger partial charge in [-0.2, -0.15) is 0 Å². The monoisotopic (exact) mass is 445 g/mol. The lowest BCUT2D eigenvalue weighted by Gasteiger charge is -2.33. The molecule has 1 aliphatic heterocycles. The maximum absolute atomic E-state index is 13.8. The molecule has 2 aromatic carbocycles. The van der Waals surface area contributed by atoms with Crippen LogP contribution in [0, 0.1) is 0 Å². The molecule has 5 rings (SSSR count). The SMILES string of the molecule is CCc1ccc2nc(N(Cc3ccccn3)C(=O)C3Oc4ccccc4OC3C)sc2c1. The Labute approximate surface area is 190 Å². The molecule has 6 nitrogen and oxygen atoms in total. The Balaban J connectivity index is 1.52. The van der Waals surface area contributed by atoms with Gasteiger partial charge in [0, 0.05) is 6.20 Å². The van der Waals surface area contributed by atoms with Gasteiger partial charge in [-0.15, -0.1) is 0 Å². The van der Waals surface area contributed by atoms with E-state index in [4.69, 9.17) is 14.5 Å². The molecule has 0 radical (unpaired) electrons. The van der Waals surface area contributed by atoms with Gasteiger partial charge in [-0.25, -0.2) is 4.98 Å². The van der Waals surface area contributed by atoms with Crippen LogP contribution in [0.15, 0.2) is 66.9 Å². The number of amides is 1. The molecule has 0 fully saturated rings. The third-order valence-corrected chi connectivity index (χ3v) is 6.52. The van der Waals surface area contributed by atoms with Crippen molar-refractivity contribution in [2.75, 3.05) is 4.90 Å². The first-order valence-corrected chi connectivity index (χ1v) is 11.5. The summed E-state index contributed by atoms with van der Waals surface area (Å²) in [7, 11) is 0. The highest BCUT2D eigenvalue weighted by Gasteiger charge is 2.38. The molecule has 32 heavy (non-hydrogen) atoms. The normalized spacial score (nSPS) is 17.3. The topological polar surface area (TPSA) is 64.6 Å². The second-order valence-corrected chi connectivity index (χ2v) is 8.71. The summed E-state index contributed by atoms with van der Waals surface area (Å²) >= 11 is 1.50. The van der Waals surface area contributed by atoms with Crippen molar-refractivity contribution in [2.45, 2.75) is 39.0 Å². The molecule has 0 saturated heterocycles. The first-order chi connectivity index (χ1) is 15.6. The lowest BCUT2D eigenvalue weighted by molar-refractivity contribution is -0.130. The van der Waals surface area contributed by atoms with Crippen molar-refractivity contribution in [2.24, 2.45) is 0 Å². The van der Waals surface area contributed by atoms with E-state index in [-0.39, 0.29) is 5.91 Å². The van der Waals surface area contributed by atoms with Gasteiger partial charge in [0.05, 0.1) is 22.5 Å². The van der Waals surface area contributed by atoms with E-state index in [1.165, 1.54) is 16.9 Å². The summed E-state index contributed by atoms with van der Waals surface area (Å²) in [5.41, 5.74) is 2.89. The highest BCUT2D eigenvalue weighted by Crippen LogP contribution is 2.36. The van der Waals surface area contributed by atoms with E-state index < -0.39 is 12.2 Å². The van der Waals surface area contributed by atoms with Crippen molar-refractivity contribution in [3.63, 3.8) is 0 Å². The van der Waals surface area contributed by atoms with E-state index in [2.05, 4.69) is 24.0 Å². The van der Waals surface area contributed by atoms with Gasteiger partial charge in [0.2, 0.25) is 6.10 Å². The zero-order valence-corrected chi connectivity index (χ0v) is 18.7. The fourth-order valence-corrected chi connectivity index (χ4v) is 4.76. The summed E-state index contributed by atoms with van der Waals surface area (Å²) < 4.78 is 13.1. The Kier molecular flexibility index (Phi) is 5.49. The number of nitrogens with zero attached hydrogens (tertiary/aromatic N) is 3. The molecule has 1 amide bonds. The zero-order valence-electron chi connectivity index (χ0n) is 17.9. The van der Waals surface area contributed by atoms with Crippen LogP contribution in [0.3, 0.4) is 0 Å². The molecular formula is C25H23N3O3S. The Morgan fingerprint density at radius 3 is 2.59 bits per heavy atom. The Morgan fingerprint density at radius 2 is 1.84 bits per heavy atom. The Bertz CT molecular complexity index is 1260. The maximum Gasteiger partial charge on any atom is 0.274 e. The van der Waals surface area contributed by atoms with Crippen LogP contribution in [-0.2, 0) is 17.8 Å². The summed E-state index contributed by atoms with van der Waals surface area (Å²) in [6.07, 6.45) is 1.45. The molecule has 4 aromatic rings. The van der Waals surface area contributed by atoms with Crippen LogP contribution in [0.2, 0.25) is 0 Å². The van der Waals surface area contributed by atoms with Gasteiger partial charge in [-0.05, 0) is 55.3 Å². The average Bonchev–Trinajstić information content (AvgIpc) is 3.25. The number of fused-ring (bicyclic) bond motifs is 2. The molecule has 2 aromatic heterocycles. The van der Waals surface area contributed by atoms with Gasteiger partial charge in [0.1, 0.15) is 6.10 Å². The number of pyridine rings is 1. The number of carbonyl (C=O) groups excluding carboxylic acids is 1. The first-order valence-electron chi connectivity index (χ1n) is 10.7. The number of hydrogen-bond acceptors (Lipinski definition) is 6. The van der Waals surface area contributed by atoms with Gasteiger partial charge in [0.25, 0.3) is 5.91 Å². The molecule has 0 saturated carbocycles. The van der Waals surface area contributed by atoms with Crippen molar-refractivity contribution in [3.05, 3.63) is 78.1 Å². The highest BCUT2D eigenvalue weighted by molar-refractivity contribution is 7.22. The quantitative estimate of drug-likeness (QED) is 0.432. The van der Waals surface area contributed by atoms with Crippen molar-refractivity contribution < 1.29 is 14.3 Å². The lowest BCUT2D eigenvalue weighted by atomic mass is 10.1. The molecular weight excluding hydrogens is 422 g/mol. The minimum atomic E-state index is -0.785. The van der Waals surface area contributed by atoms with E-state index in [1.54, 1.807) is 11.1 Å². The predicted octanol–water partition coefficient (Wildman–Crippen LogP) is 5.02. The Morgan fingerprint density at radius 1 is 1.06 bits per heavy atom. The fraction of sp³-hybridized carbons (Fsp3) is 0.240. The smallest absolute Gasteiger partial charge is 0.274 e. The van der Waals surface area contributed by atoms with E-state index in [0.717, 1.165) is 22.3 Å². The molecule has 2 atom stereocenters. The van der Waals surface area contributed by atoms with Crippen LogP contribution in [0.5, 0.6) is 11.5 Å². The van der Waals surface area contributed by atoms with Gasteiger partial charge < -0.3 is 9.47 Å². The number of carbonyl (C=O) groups is 1. The number of rotatable bonds is 5. The van der Waals surface area contributed by atoms with Gasteiger partial charge in [-0.1, -0.05) is 42.5 Å². The minimum Gasteiger partial charge on any atom is -0.482 e. The van der Waals surface area contributed by atoms with Crippen molar-refractivity contribution in [1.29, 1.82) is 0 Å². The number of aromatic nitrogens is 2. The van der Waals surface area contributed by atoms with Crippen LogP contribution >= 0.6 is 11.3 Å². The summed E-state index contributed by atoms with van der Waals surface area (Å²) in [5.74, 6) is 1.01. The van der Waals surface area contributed by atoms with Crippen LogP contribution in [0.1, 0.15) is 25.1 Å². The molecule has 0 aliphatic carbocycles. The van der Waals surface area contributed by atoms with Crippen molar-refractivity contribution in [1.82, 2.24) is 9.97 Å². The Hall–Kier alpha value is -3.45. The van der Waals surface area contributed by atoms with Crippen LogP contribution < -0.4 is 14.4 Å². The molecule has 1 aliphatic rings. The number of anilines is 1. The van der Waals surface area contributed by atoms with Crippen LogP contribution in [0.4, 0.5) is 5.13 Å². The maximum atomic E-state index is 13.8. The summed E-state index contributed by atoms with van der Waals surface area (Å²) in [5, 5.41) is 0.624. The number of ether oxygens (including phenoxy) is 2.